The molecule has 2 atom stereocenters. The van der Waals surface area contributed by atoms with E-state index in [-0.39, 0.29) is 13.2 Å². The van der Waals surface area contributed by atoms with Crippen LogP contribution in [0.3, 0.4) is 0 Å². The standard InChI is InChI=1S/C9H19NO5S/c10-8(6-16-3-1-2-11)9(14)15-5-7(13)4-12/h7-8,11-13H,1-6,10H2/t7?,8-/m0/s1. The van der Waals surface area contributed by atoms with Crippen LogP contribution in [-0.2, 0) is 9.53 Å². The average Bonchev–Trinajstić information content (AvgIpc) is 2.30. The Kier molecular flexibility index (Phi) is 9.65. The SMILES string of the molecule is N[C@@H](CSCCCO)C(=O)OCC(O)CO. The fraction of sp³-hybridized carbons (Fsp3) is 0.889. The van der Waals surface area contributed by atoms with Crippen LogP contribution in [0.25, 0.3) is 0 Å². The summed E-state index contributed by atoms with van der Waals surface area (Å²) >= 11 is 1.46. The van der Waals surface area contributed by atoms with Crippen molar-refractivity contribution in [3.63, 3.8) is 0 Å². The van der Waals surface area contributed by atoms with Gasteiger partial charge in [-0.3, -0.25) is 4.79 Å². The van der Waals surface area contributed by atoms with Crippen molar-refractivity contribution in [1.82, 2.24) is 0 Å². The molecule has 16 heavy (non-hydrogen) atoms. The van der Waals surface area contributed by atoms with Gasteiger partial charge in [0.15, 0.2) is 0 Å². The zero-order chi connectivity index (χ0) is 12.4. The molecule has 0 saturated heterocycles. The highest BCUT2D eigenvalue weighted by Gasteiger charge is 2.16. The molecule has 0 rings (SSSR count). The number of carbonyl (C=O) groups excluding carboxylic acids is 1. The summed E-state index contributed by atoms with van der Waals surface area (Å²) in [6, 6.07) is -0.741. The predicted molar refractivity (Wildman–Crippen MR) is 61.1 cm³/mol. The highest BCUT2D eigenvalue weighted by atomic mass is 32.2. The van der Waals surface area contributed by atoms with Gasteiger partial charge in [-0.05, 0) is 12.2 Å². The predicted octanol–water partition coefficient (Wildman–Crippen LogP) is -1.67. The Hall–Kier alpha value is -0.340. The van der Waals surface area contributed by atoms with Gasteiger partial charge in [0.05, 0.1) is 6.61 Å². The van der Waals surface area contributed by atoms with Crippen LogP contribution in [0.1, 0.15) is 6.42 Å². The lowest BCUT2D eigenvalue weighted by atomic mass is 10.3. The molecule has 0 aliphatic carbocycles. The summed E-state index contributed by atoms with van der Waals surface area (Å²) in [5, 5.41) is 25.9. The van der Waals surface area contributed by atoms with E-state index in [2.05, 4.69) is 4.74 Å². The molecule has 5 N–H and O–H groups in total. The lowest BCUT2D eigenvalue weighted by molar-refractivity contribution is -0.148. The Morgan fingerprint density at radius 2 is 2.12 bits per heavy atom. The maximum absolute atomic E-state index is 11.2. The molecular weight excluding hydrogens is 234 g/mol. The molecule has 0 heterocycles. The first kappa shape index (κ1) is 15.7. The maximum Gasteiger partial charge on any atom is 0.323 e. The molecule has 0 amide bonds. The molecule has 0 aromatic carbocycles. The molecule has 0 aromatic rings. The largest absolute Gasteiger partial charge is 0.462 e. The normalized spacial score (nSPS) is 14.5. The van der Waals surface area contributed by atoms with E-state index >= 15 is 0 Å². The molecular formula is C9H19NO5S. The number of rotatable bonds is 9. The molecule has 1 unspecified atom stereocenters. The summed E-state index contributed by atoms with van der Waals surface area (Å²) in [6.07, 6.45) is -0.395. The summed E-state index contributed by atoms with van der Waals surface area (Å²) in [7, 11) is 0. The fourth-order valence-corrected chi connectivity index (χ4v) is 1.67. The van der Waals surface area contributed by atoms with E-state index in [9.17, 15) is 4.79 Å². The zero-order valence-corrected chi connectivity index (χ0v) is 9.86. The number of nitrogens with two attached hydrogens (primary N) is 1. The molecule has 7 heteroatoms. The second-order valence-corrected chi connectivity index (χ2v) is 4.37. The topological polar surface area (TPSA) is 113 Å². The fourth-order valence-electron chi connectivity index (χ4n) is 0.783. The van der Waals surface area contributed by atoms with Crippen molar-refractivity contribution in [1.29, 1.82) is 0 Å². The number of hydrogen-bond acceptors (Lipinski definition) is 7. The second-order valence-electron chi connectivity index (χ2n) is 3.23. The van der Waals surface area contributed by atoms with Crippen molar-refractivity contribution >= 4 is 17.7 Å². The number of aliphatic hydroxyl groups excluding tert-OH is 3. The number of aliphatic hydroxyl groups is 3. The van der Waals surface area contributed by atoms with Crippen molar-refractivity contribution in [2.45, 2.75) is 18.6 Å². The Morgan fingerprint density at radius 1 is 1.44 bits per heavy atom. The first-order valence-corrected chi connectivity index (χ1v) is 6.17. The van der Waals surface area contributed by atoms with Gasteiger partial charge in [0, 0.05) is 12.4 Å². The first-order chi connectivity index (χ1) is 7.61. The van der Waals surface area contributed by atoms with E-state index in [0.717, 1.165) is 5.75 Å². The molecule has 0 aliphatic rings. The van der Waals surface area contributed by atoms with Gasteiger partial charge in [-0.2, -0.15) is 11.8 Å². The molecule has 0 aromatic heterocycles. The third kappa shape index (κ3) is 7.89. The summed E-state index contributed by atoms with van der Waals surface area (Å²) < 4.78 is 4.68. The Labute approximate surface area is 98.8 Å². The van der Waals surface area contributed by atoms with E-state index < -0.39 is 24.7 Å². The third-order valence-corrected chi connectivity index (χ3v) is 2.85. The minimum Gasteiger partial charge on any atom is -0.462 e. The maximum atomic E-state index is 11.2. The lowest BCUT2D eigenvalue weighted by Crippen LogP contribution is -2.36. The van der Waals surface area contributed by atoms with Gasteiger partial charge < -0.3 is 25.8 Å². The van der Waals surface area contributed by atoms with Gasteiger partial charge in [-0.25, -0.2) is 0 Å². The van der Waals surface area contributed by atoms with Gasteiger partial charge >= 0.3 is 5.97 Å². The average molecular weight is 253 g/mol. The van der Waals surface area contributed by atoms with Crippen LogP contribution in [0.15, 0.2) is 0 Å². The van der Waals surface area contributed by atoms with Crippen LogP contribution in [0.4, 0.5) is 0 Å². The van der Waals surface area contributed by atoms with Gasteiger partial charge in [-0.15, -0.1) is 0 Å². The monoisotopic (exact) mass is 253 g/mol. The van der Waals surface area contributed by atoms with Crippen LogP contribution in [0, 0.1) is 0 Å². The second kappa shape index (κ2) is 9.86. The summed E-state index contributed by atoms with van der Waals surface area (Å²) in [4.78, 5) is 11.2. The summed E-state index contributed by atoms with van der Waals surface area (Å²) in [6.45, 7) is -0.576. The summed E-state index contributed by atoms with van der Waals surface area (Å²) in [5.41, 5.74) is 5.53. The van der Waals surface area contributed by atoms with E-state index in [4.69, 9.17) is 21.1 Å². The van der Waals surface area contributed by atoms with Crippen molar-refractivity contribution in [2.75, 3.05) is 31.3 Å². The zero-order valence-electron chi connectivity index (χ0n) is 9.04. The third-order valence-electron chi connectivity index (χ3n) is 1.68. The van der Waals surface area contributed by atoms with E-state index in [0.29, 0.717) is 12.2 Å². The van der Waals surface area contributed by atoms with Gasteiger partial charge in [0.1, 0.15) is 18.8 Å². The van der Waals surface area contributed by atoms with Crippen molar-refractivity contribution in [3.8, 4) is 0 Å². The number of hydrogen-bond donors (Lipinski definition) is 4. The molecule has 0 saturated carbocycles. The van der Waals surface area contributed by atoms with Crippen molar-refractivity contribution < 1.29 is 24.9 Å². The van der Waals surface area contributed by atoms with E-state index in [1.54, 1.807) is 0 Å². The minimum absolute atomic E-state index is 0.120. The van der Waals surface area contributed by atoms with Crippen LogP contribution >= 0.6 is 11.8 Å². The summed E-state index contributed by atoms with van der Waals surface area (Å²) in [5.74, 6) is 0.550. The van der Waals surface area contributed by atoms with Crippen molar-refractivity contribution in [2.24, 2.45) is 5.73 Å². The molecule has 0 fully saturated rings. The highest BCUT2D eigenvalue weighted by Crippen LogP contribution is 2.04. The number of esters is 1. The van der Waals surface area contributed by atoms with Crippen LogP contribution < -0.4 is 5.73 Å². The van der Waals surface area contributed by atoms with Crippen LogP contribution in [0.5, 0.6) is 0 Å². The quantitative estimate of drug-likeness (QED) is 0.287. The van der Waals surface area contributed by atoms with E-state index in [1.165, 1.54) is 11.8 Å². The minimum atomic E-state index is -1.06. The number of thioether (sulfide) groups is 1. The Bertz CT molecular complexity index is 193. The lowest BCUT2D eigenvalue weighted by Gasteiger charge is -2.12. The van der Waals surface area contributed by atoms with Crippen molar-refractivity contribution in [3.05, 3.63) is 0 Å². The van der Waals surface area contributed by atoms with E-state index in [1.807, 2.05) is 0 Å². The number of carbonyl (C=O) groups is 1. The highest BCUT2D eigenvalue weighted by molar-refractivity contribution is 7.99. The van der Waals surface area contributed by atoms with Crippen LogP contribution in [0.2, 0.25) is 0 Å². The Morgan fingerprint density at radius 3 is 2.69 bits per heavy atom. The smallest absolute Gasteiger partial charge is 0.323 e. The molecule has 6 nitrogen and oxygen atoms in total. The molecule has 96 valence electrons. The molecule has 0 bridgehead atoms. The van der Waals surface area contributed by atoms with Crippen LogP contribution in [-0.4, -0.2) is 64.8 Å². The van der Waals surface area contributed by atoms with Gasteiger partial charge in [-0.1, -0.05) is 0 Å². The molecule has 0 aliphatic heterocycles. The molecule has 0 spiro atoms. The number of ether oxygens (including phenoxy) is 1. The van der Waals surface area contributed by atoms with Gasteiger partial charge in [0.25, 0.3) is 0 Å². The van der Waals surface area contributed by atoms with Gasteiger partial charge in [0.2, 0.25) is 0 Å². The Balaban J connectivity index is 3.57. The first-order valence-electron chi connectivity index (χ1n) is 5.01. The molecule has 0 radical (unpaired) electrons.